The minimum atomic E-state index is -2.82. The summed E-state index contributed by atoms with van der Waals surface area (Å²) in [5.41, 5.74) is 9.26. The smallest absolute Gasteiger partial charge is 0.276 e. The number of methoxy groups -OCH3 is 2. The van der Waals surface area contributed by atoms with E-state index in [2.05, 4.69) is 47.2 Å². The molecule has 3 heteroatoms. The molecule has 0 aromatic heterocycles. The molecule has 0 N–H and O–H groups in total. The summed E-state index contributed by atoms with van der Waals surface area (Å²) in [7, 11) is 0.530. The van der Waals surface area contributed by atoms with Crippen molar-refractivity contribution >= 4 is 18.4 Å². The van der Waals surface area contributed by atoms with Crippen LogP contribution in [0.25, 0.3) is 0 Å². The monoisotopic (exact) mass is 444 g/mol. The molecule has 0 saturated heterocycles. The van der Waals surface area contributed by atoms with Crippen LogP contribution in [0.2, 0.25) is 0 Å². The summed E-state index contributed by atoms with van der Waals surface area (Å²) in [4.78, 5) is 0. The van der Waals surface area contributed by atoms with Crippen molar-refractivity contribution in [3.63, 3.8) is 0 Å². The molecule has 2 nitrogen and oxygen atoms in total. The van der Waals surface area contributed by atoms with E-state index in [0.717, 1.165) is 33.0 Å². The van der Waals surface area contributed by atoms with Gasteiger partial charge in [0.15, 0.2) is 0 Å². The molecular weight excluding hydrogens is 420 g/mol. The van der Waals surface area contributed by atoms with Crippen molar-refractivity contribution in [1.82, 2.24) is 0 Å². The molecule has 0 spiro atoms. The summed E-state index contributed by atoms with van der Waals surface area (Å²) in [6.45, 7) is 0. The predicted molar refractivity (Wildman–Crippen MR) is 138 cm³/mol. The Bertz CT molecular complexity index is 1200. The molecule has 0 aliphatic rings. The Hall–Kier alpha value is -4.18. The quantitative estimate of drug-likeness (QED) is 0.342. The third kappa shape index (κ3) is 5.18. The minimum absolute atomic E-state index is 0.809. The van der Waals surface area contributed by atoms with Crippen LogP contribution in [0.15, 0.2) is 109 Å². The topological polar surface area (TPSA) is 18.5 Å². The summed E-state index contributed by atoms with van der Waals surface area (Å²) in [6.07, 6.45) is 0. The Morgan fingerprint density at radius 2 is 0.848 bits per heavy atom. The number of hydrogen-bond acceptors (Lipinski definition) is 2. The van der Waals surface area contributed by atoms with E-state index >= 15 is 0 Å². The normalized spacial score (nSPS) is 10.2. The van der Waals surface area contributed by atoms with Gasteiger partial charge in [0.25, 0.3) is 8.07 Å². The third-order valence-corrected chi connectivity index (χ3v) is 8.78. The summed E-state index contributed by atoms with van der Waals surface area (Å²) in [5, 5.41) is 2.22. The molecule has 0 radical (unpaired) electrons. The largest absolute Gasteiger partial charge is 0.497 e. The predicted octanol–water partition coefficient (Wildman–Crippen LogP) is 4.45. The summed E-state index contributed by atoms with van der Waals surface area (Å²) >= 11 is 0. The molecule has 160 valence electrons. The fourth-order valence-corrected chi connectivity index (χ4v) is 6.51. The second kappa shape index (κ2) is 10.4. The summed E-state index contributed by atoms with van der Waals surface area (Å²) in [6, 6.07) is 36.4. The van der Waals surface area contributed by atoms with Crippen LogP contribution in [-0.4, -0.2) is 22.3 Å². The zero-order valence-corrected chi connectivity index (χ0v) is 19.7. The van der Waals surface area contributed by atoms with Gasteiger partial charge < -0.3 is 9.47 Å². The first-order chi connectivity index (χ1) is 16.2. The zero-order valence-electron chi connectivity index (χ0n) is 18.7. The molecule has 0 aliphatic heterocycles. The maximum Gasteiger partial charge on any atom is 0.276 e. The first-order valence-corrected chi connectivity index (χ1v) is 12.7. The molecule has 4 aromatic carbocycles. The van der Waals surface area contributed by atoms with Crippen LogP contribution < -0.4 is 19.8 Å². The van der Waals surface area contributed by atoms with Crippen molar-refractivity contribution in [2.45, 2.75) is 0 Å². The highest BCUT2D eigenvalue weighted by molar-refractivity contribution is 7.13. The molecule has 33 heavy (non-hydrogen) atoms. The maximum atomic E-state index is 5.40. The summed E-state index contributed by atoms with van der Waals surface area (Å²) < 4.78 is 10.8. The van der Waals surface area contributed by atoms with Gasteiger partial charge in [0.1, 0.15) is 11.5 Å². The average Bonchev–Trinajstić information content (AvgIpc) is 2.90. The van der Waals surface area contributed by atoms with Gasteiger partial charge in [-0.1, -0.05) is 83.6 Å². The van der Waals surface area contributed by atoms with Gasteiger partial charge in [0.2, 0.25) is 0 Å². The van der Waals surface area contributed by atoms with E-state index in [-0.39, 0.29) is 0 Å². The van der Waals surface area contributed by atoms with E-state index in [9.17, 15) is 0 Å². The first kappa shape index (κ1) is 22.0. The molecule has 0 fully saturated rings. The van der Waals surface area contributed by atoms with Crippen LogP contribution in [0.1, 0.15) is 11.1 Å². The van der Waals surface area contributed by atoms with Crippen molar-refractivity contribution in [3.8, 4) is 34.4 Å². The number of ether oxygens (including phenoxy) is 2. The second-order valence-electron chi connectivity index (χ2n) is 7.44. The molecule has 0 heterocycles. The molecule has 0 bridgehead atoms. The highest BCUT2D eigenvalue weighted by Crippen LogP contribution is 2.14. The Morgan fingerprint density at radius 1 is 0.485 bits per heavy atom. The third-order valence-electron chi connectivity index (χ3n) is 5.38. The lowest BCUT2D eigenvalue weighted by Gasteiger charge is -2.22. The Labute approximate surface area is 196 Å². The van der Waals surface area contributed by atoms with E-state index in [1.165, 1.54) is 0 Å². The SMILES string of the molecule is COc1ccc([Si](C#Cc2ccccc2)(C#Cc2ccccc2)c2ccc(OC)cc2)cc1. The Kier molecular flexibility index (Phi) is 6.95. The van der Waals surface area contributed by atoms with Crippen LogP contribution in [0.4, 0.5) is 0 Å². The molecule has 0 unspecified atom stereocenters. The van der Waals surface area contributed by atoms with Crippen LogP contribution in [0, 0.1) is 22.9 Å². The van der Waals surface area contributed by atoms with Crippen molar-refractivity contribution in [2.75, 3.05) is 14.2 Å². The second-order valence-corrected chi connectivity index (χ2v) is 10.6. The van der Waals surface area contributed by atoms with Gasteiger partial charge in [-0.05, 0) is 58.9 Å². The van der Waals surface area contributed by atoms with Crippen molar-refractivity contribution < 1.29 is 9.47 Å². The van der Waals surface area contributed by atoms with E-state index < -0.39 is 8.07 Å². The summed E-state index contributed by atoms with van der Waals surface area (Å²) in [5.74, 6) is 8.46. The first-order valence-electron chi connectivity index (χ1n) is 10.7. The Balaban J connectivity index is 1.96. The Morgan fingerprint density at radius 3 is 1.18 bits per heavy atom. The lowest BCUT2D eigenvalue weighted by Crippen LogP contribution is -2.57. The fraction of sp³-hybridized carbons (Fsp3) is 0.0667. The van der Waals surface area contributed by atoms with E-state index in [0.29, 0.717) is 0 Å². The van der Waals surface area contributed by atoms with Gasteiger partial charge >= 0.3 is 0 Å². The van der Waals surface area contributed by atoms with Crippen molar-refractivity contribution in [3.05, 3.63) is 120 Å². The molecule has 0 atom stereocenters. The lowest BCUT2D eigenvalue weighted by molar-refractivity contribution is 0.415. The lowest BCUT2D eigenvalue weighted by atomic mass is 10.2. The van der Waals surface area contributed by atoms with Gasteiger partial charge in [0.05, 0.1) is 14.2 Å². The number of rotatable bonds is 4. The van der Waals surface area contributed by atoms with Crippen LogP contribution in [0.5, 0.6) is 11.5 Å². The van der Waals surface area contributed by atoms with E-state index in [4.69, 9.17) is 9.47 Å². The maximum absolute atomic E-state index is 5.40. The van der Waals surface area contributed by atoms with Crippen LogP contribution >= 0.6 is 0 Å². The molecule has 0 amide bonds. The molecule has 4 rings (SSSR count). The highest BCUT2D eigenvalue weighted by Gasteiger charge is 2.35. The van der Waals surface area contributed by atoms with Gasteiger partial charge in [-0.2, -0.15) is 0 Å². The molecule has 0 saturated carbocycles. The van der Waals surface area contributed by atoms with Gasteiger partial charge in [-0.15, -0.1) is 0 Å². The molecule has 4 aromatic rings. The number of benzene rings is 4. The van der Waals surface area contributed by atoms with Crippen LogP contribution in [-0.2, 0) is 0 Å². The standard InChI is InChI=1S/C30H24O2Si/c1-31-27-13-17-29(18-14-27)33(23-21-25-9-5-3-6-10-25,24-22-26-11-7-4-8-12-26)30-19-15-28(32-2)16-20-30/h3-20H,1-2H3. The zero-order chi connectivity index (χ0) is 22.9. The molecule has 0 aliphatic carbocycles. The van der Waals surface area contributed by atoms with E-state index in [1.54, 1.807) is 14.2 Å². The van der Waals surface area contributed by atoms with Gasteiger partial charge in [-0.3, -0.25) is 0 Å². The van der Waals surface area contributed by atoms with Gasteiger partial charge in [0, 0.05) is 11.1 Å². The highest BCUT2D eigenvalue weighted by atomic mass is 28.3. The minimum Gasteiger partial charge on any atom is -0.497 e. The van der Waals surface area contributed by atoms with Crippen molar-refractivity contribution in [2.24, 2.45) is 0 Å². The fourth-order valence-electron chi connectivity index (χ4n) is 3.54. The van der Waals surface area contributed by atoms with Crippen molar-refractivity contribution in [1.29, 1.82) is 0 Å². The average molecular weight is 445 g/mol. The van der Waals surface area contributed by atoms with E-state index in [1.807, 2.05) is 84.9 Å². The molecular formula is C30H24O2Si. The van der Waals surface area contributed by atoms with Crippen LogP contribution in [0.3, 0.4) is 0 Å². The number of hydrogen-bond donors (Lipinski definition) is 0. The van der Waals surface area contributed by atoms with Gasteiger partial charge in [-0.25, -0.2) is 0 Å².